The summed E-state index contributed by atoms with van der Waals surface area (Å²) in [6.07, 6.45) is 19.1. The minimum absolute atomic E-state index is 0.608. The van der Waals surface area contributed by atoms with E-state index < -0.39 is 0 Å². The number of aryl methyl sites for hydroxylation is 1. The van der Waals surface area contributed by atoms with Gasteiger partial charge in [0.1, 0.15) is 0 Å². The van der Waals surface area contributed by atoms with Crippen LogP contribution in [0.25, 0.3) is 33.4 Å². The van der Waals surface area contributed by atoms with E-state index in [1.165, 1.54) is 107 Å². The summed E-state index contributed by atoms with van der Waals surface area (Å²) < 4.78 is 0. The predicted octanol–water partition coefficient (Wildman–Crippen LogP) is 13.4. The zero-order valence-corrected chi connectivity index (χ0v) is 29.1. The lowest BCUT2D eigenvalue weighted by atomic mass is 9.76. The fourth-order valence-corrected chi connectivity index (χ4v) is 8.14. The van der Waals surface area contributed by atoms with Crippen molar-refractivity contribution in [2.45, 2.75) is 96.8 Å². The standard InChI is InChI=1S/C46H55N/c1-5-9-35-14-18-37(19-15-35)41-24-28-43(38-20-12-34(8-4)13-21-38)45(32-41)46-31-40(36-16-10-33(7-3)11-17-36)25-29-44(46)39-22-26-42(27-23-39)47-30-6-2/h5,7,9,12-13,20-29,31-33,35-37,47H,3,6,8,10-11,14-19,30H2,1-2,4H3/b9-5+. The normalized spacial score (nSPS) is 21.5. The van der Waals surface area contributed by atoms with Crippen LogP contribution >= 0.6 is 0 Å². The summed E-state index contributed by atoms with van der Waals surface area (Å²) in [7, 11) is 0. The molecule has 1 heteroatoms. The Kier molecular flexibility index (Phi) is 11.1. The Bertz CT molecular complexity index is 1620. The Hall–Kier alpha value is -3.84. The van der Waals surface area contributed by atoms with Crippen LogP contribution in [0.15, 0.2) is 110 Å². The zero-order chi connectivity index (χ0) is 32.6. The maximum atomic E-state index is 4.11. The first-order valence-corrected chi connectivity index (χ1v) is 18.6. The van der Waals surface area contributed by atoms with Crippen LogP contribution in [0.2, 0.25) is 0 Å². The highest BCUT2D eigenvalue weighted by atomic mass is 14.9. The van der Waals surface area contributed by atoms with Crippen LogP contribution in [0.3, 0.4) is 0 Å². The number of hydrogen-bond acceptors (Lipinski definition) is 1. The van der Waals surface area contributed by atoms with Crippen molar-refractivity contribution >= 4 is 5.69 Å². The molecule has 0 unspecified atom stereocenters. The largest absolute Gasteiger partial charge is 0.385 e. The van der Waals surface area contributed by atoms with Gasteiger partial charge in [-0.25, -0.2) is 0 Å². The molecule has 4 aromatic carbocycles. The van der Waals surface area contributed by atoms with Gasteiger partial charge in [-0.2, -0.15) is 0 Å². The van der Waals surface area contributed by atoms with Crippen molar-refractivity contribution < 1.29 is 0 Å². The molecule has 0 amide bonds. The van der Waals surface area contributed by atoms with Crippen LogP contribution < -0.4 is 5.32 Å². The highest BCUT2D eigenvalue weighted by Gasteiger charge is 2.25. The van der Waals surface area contributed by atoms with Gasteiger partial charge in [-0.15, -0.1) is 6.58 Å². The molecule has 0 atom stereocenters. The lowest BCUT2D eigenvalue weighted by Crippen LogP contribution is -2.12. The number of benzene rings is 4. The third kappa shape index (κ3) is 7.83. The molecule has 47 heavy (non-hydrogen) atoms. The lowest BCUT2D eigenvalue weighted by Gasteiger charge is -2.29. The van der Waals surface area contributed by atoms with Gasteiger partial charge >= 0.3 is 0 Å². The third-order valence-corrected chi connectivity index (χ3v) is 11.1. The first-order chi connectivity index (χ1) is 23.1. The number of rotatable bonds is 11. The van der Waals surface area contributed by atoms with Gasteiger partial charge in [-0.05, 0) is 157 Å². The molecule has 2 aliphatic carbocycles. The van der Waals surface area contributed by atoms with Gasteiger partial charge in [0.05, 0.1) is 0 Å². The molecule has 0 aliphatic heterocycles. The van der Waals surface area contributed by atoms with Crippen molar-refractivity contribution in [3.63, 3.8) is 0 Å². The lowest BCUT2D eigenvalue weighted by molar-refractivity contribution is 0.376. The van der Waals surface area contributed by atoms with Gasteiger partial charge in [0, 0.05) is 12.2 Å². The summed E-state index contributed by atoms with van der Waals surface area (Å²) >= 11 is 0. The van der Waals surface area contributed by atoms with Gasteiger partial charge in [0.15, 0.2) is 0 Å². The Morgan fingerprint density at radius 3 is 1.60 bits per heavy atom. The summed E-state index contributed by atoms with van der Waals surface area (Å²) in [6.45, 7) is 11.7. The van der Waals surface area contributed by atoms with Crippen molar-refractivity contribution in [1.82, 2.24) is 0 Å². The van der Waals surface area contributed by atoms with Crippen LogP contribution in [-0.2, 0) is 6.42 Å². The SMILES string of the molecule is C=CC1CCC(c2ccc(-c3ccc(NCCC)cc3)c(-c3cc(C4CCC(/C=C/C)CC4)ccc3-c3ccc(CC)cc3)c2)CC1. The molecule has 2 fully saturated rings. The summed E-state index contributed by atoms with van der Waals surface area (Å²) in [4.78, 5) is 0. The molecule has 0 heterocycles. The van der Waals surface area contributed by atoms with E-state index in [0.717, 1.165) is 25.3 Å². The highest BCUT2D eigenvalue weighted by molar-refractivity contribution is 5.92. The van der Waals surface area contributed by atoms with Gasteiger partial charge in [-0.3, -0.25) is 0 Å². The minimum Gasteiger partial charge on any atom is -0.385 e. The third-order valence-electron chi connectivity index (χ3n) is 11.1. The highest BCUT2D eigenvalue weighted by Crippen LogP contribution is 2.45. The van der Waals surface area contributed by atoms with E-state index in [1.54, 1.807) is 0 Å². The maximum Gasteiger partial charge on any atom is 0.0340 e. The minimum atomic E-state index is 0.608. The quantitative estimate of drug-likeness (QED) is 0.164. The van der Waals surface area contributed by atoms with Gasteiger partial charge < -0.3 is 5.32 Å². The second-order valence-corrected chi connectivity index (χ2v) is 14.1. The zero-order valence-electron chi connectivity index (χ0n) is 29.1. The Labute approximate surface area is 285 Å². The van der Waals surface area contributed by atoms with Crippen molar-refractivity contribution in [3.05, 3.63) is 126 Å². The fraction of sp³-hybridized carbons (Fsp3) is 0.391. The summed E-state index contributed by atoms with van der Waals surface area (Å²) in [5.41, 5.74) is 13.6. The number of nitrogens with one attached hydrogen (secondary N) is 1. The summed E-state index contributed by atoms with van der Waals surface area (Å²) in [5, 5.41) is 3.56. The van der Waals surface area contributed by atoms with Crippen LogP contribution in [0, 0.1) is 11.8 Å². The first kappa shape index (κ1) is 33.1. The van der Waals surface area contributed by atoms with Crippen LogP contribution in [0.4, 0.5) is 5.69 Å². The van der Waals surface area contributed by atoms with E-state index in [9.17, 15) is 0 Å². The number of allylic oxidation sites excluding steroid dienone is 3. The van der Waals surface area contributed by atoms with Crippen LogP contribution in [0.1, 0.15) is 107 Å². The van der Waals surface area contributed by atoms with Crippen molar-refractivity contribution in [1.29, 1.82) is 0 Å². The van der Waals surface area contributed by atoms with E-state index >= 15 is 0 Å². The van der Waals surface area contributed by atoms with E-state index in [0.29, 0.717) is 17.8 Å². The average molecular weight is 622 g/mol. The van der Waals surface area contributed by atoms with Crippen molar-refractivity contribution in [2.24, 2.45) is 11.8 Å². The molecule has 2 saturated carbocycles. The number of hydrogen-bond donors (Lipinski definition) is 1. The van der Waals surface area contributed by atoms with Crippen molar-refractivity contribution in [2.75, 3.05) is 11.9 Å². The van der Waals surface area contributed by atoms with Crippen molar-refractivity contribution in [3.8, 4) is 33.4 Å². The van der Waals surface area contributed by atoms with E-state index in [2.05, 4.69) is 136 Å². The Morgan fingerprint density at radius 1 is 0.617 bits per heavy atom. The topological polar surface area (TPSA) is 12.0 Å². The molecular weight excluding hydrogens is 567 g/mol. The predicted molar refractivity (Wildman–Crippen MR) is 205 cm³/mol. The molecule has 0 radical (unpaired) electrons. The fourth-order valence-electron chi connectivity index (χ4n) is 8.14. The molecule has 0 bridgehead atoms. The maximum absolute atomic E-state index is 4.11. The van der Waals surface area contributed by atoms with Gasteiger partial charge in [0.25, 0.3) is 0 Å². The second kappa shape index (κ2) is 15.8. The first-order valence-electron chi connectivity index (χ1n) is 18.6. The van der Waals surface area contributed by atoms with E-state index in [1.807, 2.05) is 0 Å². The molecule has 1 nitrogen and oxygen atoms in total. The van der Waals surface area contributed by atoms with Gasteiger partial charge in [0.2, 0.25) is 0 Å². The molecule has 2 aliphatic rings. The Balaban J connectivity index is 1.47. The number of anilines is 1. The smallest absolute Gasteiger partial charge is 0.0340 e. The van der Waals surface area contributed by atoms with Crippen LogP contribution in [0.5, 0.6) is 0 Å². The monoisotopic (exact) mass is 621 g/mol. The summed E-state index contributed by atoms with van der Waals surface area (Å²) in [5.74, 6) is 2.64. The molecule has 4 aromatic rings. The average Bonchev–Trinajstić information content (AvgIpc) is 3.14. The van der Waals surface area contributed by atoms with E-state index in [4.69, 9.17) is 0 Å². The second-order valence-electron chi connectivity index (χ2n) is 14.1. The summed E-state index contributed by atoms with van der Waals surface area (Å²) in [6, 6.07) is 33.3. The molecule has 1 N–H and O–H groups in total. The molecule has 0 aromatic heterocycles. The van der Waals surface area contributed by atoms with E-state index in [-0.39, 0.29) is 0 Å². The molecule has 6 rings (SSSR count). The molecule has 244 valence electrons. The Morgan fingerprint density at radius 2 is 1.13 bits per heavy atom. The molecular formula is C46H55N. The molecule has 0 saturated heterocycles. The molecule has 0 spiro atoms. The van der Waals surface area contributed by atoms with Crippen LogP contribution in [-0.4, -0.2) is 6.54 Å². The van der Waals surface area contributed by atoms with Gasteiger partial charge in [-0.1, -0.05) is 105 Å².